The average Bonchev–Trinajstić information content (AvgIpc) is 3.03. The van der Waals surface area contributed by atoms with Gasteiger partial charge >= 0.3 is 0 Å². The highest BCUT2D eigenvalue weighted by atomic mass is 16.5. The summed E-state index contributed by atoms with van der Waals surface area (Å²) in [5.74, 6) is 2.16. The fourth-order valence-electron chi connectivity index (χ4n) is 2.96. The second-order valence-electron chi connectivity index (χ2n) is 6.42. The van der Waals surface area contributed by atoms with Crippen LogP contribution in [0.4, 0.5) is 5.82 Å². The van der Waals surface area contributed by atoms with E-state index in [9.17, 15) is 4.79 Å². The Labute approximate surface area is 147 Å². The van der Waals surface area contributed by atoms with Gasteiger partial charge in [0.2, 0.25) is 0 Å². The molecule has 0 spiro atoms. The van der Waals surface area contributed by atoms with Crippen LogP contribution >= 0.6 is 0 Å². The molecule has 1 saturated heterocycles. The third-order valence-electron chi connectivity index (χ3n) is 4.23. The first-order chi connectivity index (χ1) is 12.0. The zero-order chi connectivity index (χ0) is 18.0. The van der Waals surface area contributed by atoms with Crippen LogP contribution in [0, 0.1) is 13.8 Å². The Bertz CT molecular complexity index is 778. The van der Waals surface area contributed by atoms with Crippen molar-refractivity contribution < 1.29 is 9.53 Å². The maximum atomic E-state index is 12.7. The van der Waals surface area contributed by atoms with Crippen molar-refractivity contribution >= 4 is 11.7 Å². The maximum Gasteiger partial charge on any atom is 0.257 e. The topological polar surface area (TPSA) is 71.5 Å². The van der Waals surface area contributed by atoms with Crippen LogP contribution in [0.5, 0.6) is 5.75 Å². The fraction of sp³-hybridized carbons (Fsp3) is 0.444. The summed E-state index contributed by atoms with van der Waals surface area (Å²) in [7, 11) is 3.86. The first kappa shape index (κ1) is 17.1. The molecule has 1 atom stereocenters. The number of anilines is 1. The van der Waals surface area contributed by atoms with Crippen LogP contribution in [0.15, 0.2) is 24.5 Å². The molecule has 1 amide bonds. The van der Waals surface area contributed by atoms with Gasteiger partial charge in [-0.05, 0) is 26.0 Å². The number of aryl methyl sites for hydroxylation is 2. The summed E-state index contributed by atoms with van der Waals surface area (Å²) in [5.41, 5.74) is 1.27. The number of amides is 1. The molecule has 3 heterocycles. The fourth-order valence-corrected chi connectivity index (χ4v) is 2.96. The first-order valence-electron chi connectivity index (χ1n) is 8.34. The normalized spacial score (nSPS) is 16.8. The Balaban J connectivity index is 1.69. The van der Waals surface area contributed by atoms with Crippen molar-refractivity contribution in [2.24, 2.45) is 0 Å². The monoisotopic (exact) mass is 341 g/mol. The van der Waals surface area contributed by atoms with Crippen molar-refractivity contribution in [2.45, 2.75) is 26.4 Å². The van der Waals surface area contributed by atoms with Gasteiger partial charge in [-0.25, -0.2) is 15.0 Å². The first-order valence-corrected chi connectivity index (χ1v) is 8.34. The molecule has 3 rings (SSSR count). The molecule has 0 aliphatic carbocycles. The summed E-state index contributed by atoms with van der Waals surface area (Å²) in [5, 5.41) is 0. The van der Waals surface area contributed by atoms with Gasteiger partial charge in [-0.1, -0.05) is 0 Å². The van der Waals surface area contributed by atoms with Gasteiger partial charge in [0, 0.05) is 39.5 Å². The Hall–Kier alpha value is -2.70. The highest BCUT2D eigenvalue weighted by Gasteiger charge is 2.30. The van der Waals surface area contributed by atoms with Crippen molar-refractivity contribution in [3.63, 3.8) is 0 Å². The molecular formula is C18H23N5O2. The smallest absolute Gasteiger partial charge is 0.257 e. The third-order valence-corrected chi connectivity index (χ3v) is 4.23. The number of aromatic nitrogens is 3. The second-order valence-corrected chi connectivity index (χ2v) is 6.42. The number of likely N-dealkylation sites (tertiary alicyclic amines) is 1. The molecule has 1 aliphatic heterocycles. The SMILES string of the molecule is Cc1ncc(C(=O)N2CC[C@H](Oc3cccnc3N(C)C)C2)c(C)n1. The molecule has 7 heteroatoms. The van der Waals surface area contributed by atoms with Crippen LogP contribution < -0.4 is 9.64 Å². The molecule has 132 valence electrons. The lowest BCUT2D eigenvalue weighted by Gasteiger charge is -2.20. The lowest BCUT2D eigenvalue weighted by atomic mass is 10.2. The lowest BCUT2D eigenvalue weighted by molar-refractivity contribution is 0.0770. The predicted molar refractivity (Wildman–Crippen MR) is 95.0 cm³/mol. The van der Waals surface area contributed by atoms with Crippen LogP contribution in [0.2, 0.25) is 0 Å². The van der Waals surface area contributed by atoms with Crippen molar-refractivity contribution in [2.75, 3.05) is 32.1 Å². The number of pyridine rings is 1. The van der Waals surface area contributed by atoms with E-state index in [1.165, 1.54) is 0 Å². The van der Waals surface area contributed by atoms with Crippen LogP contribution in [-0.2, 0) is 0 Å². The van der Waals surface area contributed by atoms with E-state index in [0.717, 1.165) is 18.0 Å². The van der Waals surface area contributed by atoms with E-state index in [2.05, 4.69) is 15.0 Å². The number of carbonyl (C=O) groups is 1. The summed E-state index contributed by atoms with van der Waals surface area (Å²) < 4.78 is 6.10. The van der Waals surface area contributed by atoms with E-state index in [1.807, 2.05) is 45.0 Å². The number of ether oxygens (including phenoxy) is 1. The third kappa shape index (κ3) is 3.70. The lowest BCUT2D eigenvalue weighted by Crippen LogP contribution is -2.32. The Morgan fingerprint density at radius 1 is 1.32 bits per heavy atom. The molecule has 25 heavy (non-hydrogen) atoms. The van der Waals surface area contributed by atoms with Gasteiger partial charge < -0.3 is 14.5 Å². The standard InChI is InChI=1S/C18H23N5O2/c1-12-15(10-20-13(2)21-12)18(24)23-9-7-14(11-23)25-16-6-5-8-19-17(16)22(3)4/h5-6,8,10,14H,7,9,11H2,1-4H3/t14-/m0/s1. The molecule has 0 N–H and O–H groups in total. The Morgan fingerprint density at radius 3 is 2.84 bits per heavy atom. The van der Waals surface area contributed by atoms with Crippen molar-refractivity contribution in [3.8, 4) is 5.75 Å². The average molecular weight is 341 g/mol. The minimum absolute atomic E-state index is 0.0392. The quantitative estimate of drug-likeness (QED) is 0.845. The second kappa shape index (κ2) is 7.04. The summed E-state index contributed by atoms with van der Waals surface area (Å²) in [6.45, 7) is 4.87. The molecule has 0 unspecified atom stereocenters. The van der Waals surface area contributed by atoms with Crippen molar-refractivity contribution in [1.82, 2.24) is 19.9 Å². The molecule has 2 aromatic heterocycles. The number of hydrogen-bond donors (Lipinski definition) is 0. The van der Waals surface area contributed by atoms with E-state index in [4.69, 9.17) is 4.74 Å². The molecule has 1 fully saturated rings. The maximum absolute atomic E-state index is 12.7. The molecule has 0 saturated carbocycles. The molecule has 2 aromatic rings. The van der Waals surface area contributed by atoms with Gasteiger partial charge in [-0.2, -0.15) is 0 Å². The van der Waals surface area contributed by atoms with Crippen molar-refractivity contribution in [1.29, 1.82) is 0 Å². The summed E-state index contributed by atoms with van der Waals surface area (Å²) in [6, 6.07) is 3.76. The number of carbonyl (C=O) groups excluding carboxylic acids is 1. The number of rotatable bonds is 4. The van der Waals surface area contributed by atoms with E-state index in [-0.39, 0.29) is 12.0 Å². The highest BCUT2D eigenvalue weighted by Crippen LogP contribution is 2.27. The molecule has 0 aromatic carbocycles. The largest absolute Gasteiger partial charge is 0.485 e. The van der Waals surface area contributed by atoms with Gasteiger partial charge in [-0.3, -0.25) is 4.79 Å². The molecule has 0 radical (unpaired) electrons. The van der Waals surface area contributed by atoms with Gasteiger partial charge in [0.05, 0.1) is 17.8 Å². The highest BCUT2D eigenvalue weighted by molar-refractivity contribution is 5.95. The molecule has 7 nitrogen and oxygen atoms in total. The number of nitrogens with zero attached hydrogens (tertiary/aromatic N) is 5. The molecular weight excluding hydrogens is 318 g/mol. The van der Waals surface area contributed by atoms with E-state index >= 15 is 0 Å². The van der Waals surface area contributed by atoms with Gasteiger partial charge in [-0.15, -0.1) is 0 Å². The van der Waals surface area contributed by atoms with E-state index in [0.29, 0.717) is 30.2 Å². The van der Waals surface area contributed by atoms with Crippen LogP contribution in [0.3, 0.4) is 0 Å². The Kier molecular flexibility index (Phi) is 4.83. The van der Waals surface area contributed by atoms with Gasteiger partial charge in [0.25, 0.3) is 5.91 Å². The van der Waals surface area contributed by atoms with Crippen LogP contribution in [-0.4, -0.2) is 59.0 Å². The summed E-state index contributed by atoms with van der Waals surface area (Å²) in [6.07, 6.45) is 4.10. The number of hydrogen-bond acceptors (Lipinski definition) is 6. The zero-order valence-corrected chi connectivity index (χ0v) is 15.1. The van der Waals surface area contributed by atoms with Crippen LogP contribution in [0.1, 0.15) is 28.3 Å². The van der Waals surface area contributed by atoms with E-state index in [1.54, 1.807) is 17.3 Å². The minimum atomic E-state index is -0.0430. The Morgan fingerprint density at radius 2 is 2.12 bits per heavy atom. The zero-order valence-electron chi connectivity index (χ0n) is 15.1. The minimum Gasteiger partial charge on any atom is -0.485 e. The van der Waals surface area contributed by atoms with Crippen molar-refractivity contribution in [3.05, 3.63) is 41.6 Å². The van der Waals surface area contributed by atoms with Crippen LogP contribution in [0.25, 0.3) is 0 Å². The predicted octanol–water partition coefficient (Wildman–Crippen LogP) is 1.85. The molecule has 0 bridgehead atoms. The van der Waals surface area contributed by atoms with Gasteiger partial charge in [0.1, 0.15) is 11.9 Å². The van der Waals surface area contributed by atoms with Gasteiger partial charge in [0.15, 0.2) is 11.6 Å². The van der Waals surface area contributed by atoms with E-state index < -0.39 is 0 Å². The molecule has 1 aliphatic rings. The summed E-state index contributed by atoms with van der Waals surface area (Å²) in [4.78, 5) is 29.2. The summed E-state index contributed by atoms with van der Waals surface area (Å²) >= 11 is 0.